The van der Waals surface area contributed by atoms with Crippen molar-refractivity contribution in [1.29, 1.82) is 5.26 Å². The van der Waals surface area contributed by atoms with Crippen molar-refractivity contribution in [3.63, 3.8) is 0 Å². The molecule has 7 heteroatoms. The minimum absolute atomic E-state index is 0.0734. The second-order valence-corrected chi connectivity index (χ2v) is 6.51. The normalized spacial score (nSPS) is 22.2. The lowest BCUT2D eigenvalue weighted by molar-refractivity contribution is 0.182. The Morgan fingerprint density at radius 3 is 2.96 bits per heavy atom. The van der Waals surface area contributed by atoms with Gasteiger partial charge in [-0.2, -0.15) is 10.4 Å². The fourth-order valence-electron chi connectivity index (χ4n) is 3.47. The Morgan fingerprint density at radius 1 is 1.28 bits per heavy atom. The molecule has 128 valence electrons. The molecular formula is C18H19N5O2. The number of anilines is 1. The molecule has 25 heavy (non-hydrogen) atoms. The lowest BCUT2D eigenvalue weighted by Crippen LogP contribution is -2.38. The number of nitrogens with one attached hydrogen (secondary N) is 1. The zero-order chi connectivity index (χ0) is 17.2. The Balaban J connectivity index is 1.59. The molecule has 0 spiro atoms. The molecule has 2 aliphatic rings. The molecule has 0 radical (unpaired) electrons. The van der Waals surface area contributed by atoms with Gasteiger partial charge < -0.3 is 10.1 Å². The van der Waals surface area contributed by atoms with Crippen LogP contribution in [0.1, 0.15) is 35.7 Å². The van der Waals surface area contributed by atoms with Crippen molar-refractivity contribution < 1.29 is 4.74 Å². The average Bonchev–Trinajstić information content (AvgIpc) is 3.09. The van der Waals surface area contributed by atoms with Gasteiger partial charge in [0.05, 0.1) is 30.5 Å². The van der Waals surface area contributed by atoms with Crippen LogP contribution in [0.15, 0.2) is 29.2 Å². The van der Waals surface area contributed by atoms with Gasteiger partial charge in [0, 0.05) is 12.3 Å². The highest BCUT2D eigenvalue weighted by atomic mass is 16.5. The topological polar surface area (TPSA) is 92.8 Å². The number of aromatic nitrogens is 3. The van der Waals surface area contributed by atoms with E-state index in [4.69, 9.17) is 10.00 Å². The monoisotopic (exact) mass is 337 g/mol. The Kier molecular flexibility index (Phi) is 4.20. The third-order valence-electron chi connectivity index (χ3n) is 4.82. The number of fused-ring (bicyclic) bond motifs is 1. The Labute approximate surface area is 145 Å². The summed E-state index contributed by atoms with van der Waals surface area (Å²) in [6.45, 7) is 0.928. The first-order chi connectivity index (χ1) is 12.2. The molecule has 3 heterocycles. The van der Waals surface area contributed by atoms with E-state index in [1.807, 2.05) is 6.07 Å². The van der Waals surface area contributed by atoms with E-state index in [9.17, 15) is 4.79 Å². The summed E-state index contributed by atoms with van der Waals surface area (Å²) >= 11 is 0. The number of hydrogen-bond acceptors (Lipinski definition) is 6. The number of nitrogens with zero attached hydrogens (tertiary/aromatic N) is 4. The van der Waals surface area contributed by atoms with Crippen molar-refractivity contribution >= 4 is 5.82 Å². The predicted molar refractivity (Wildman–Crippen MR) is 91.4 cm³/mol. The molecule has 7 nitrogen and oxygen atoms in total. The molecule has 1 saturated heterocycles. The molecule has 2 unspecified atom stereocenters. The SMILES string of the molecule is N#Cc1ccc(NC2COCC2n2nc3c(cc2=O)CCCC3)nc1. The summed E-state index contributed by atoms with van der Waals surface area (Å²) in [4.78, 5) is 16.8. The van der Waals surface area contributed by atoms with Crippen LogP contribution in [-0.4, -0.2) is 34.0 Å². The molecule has 2 aromatic heterocycles. The Hall–Kier alpha value is -2.72. The van der Waals surface area contributed by atoms with Gasteiger partial charge in [-0.05, 0) is 43.4 Å². The highest BCUT2D eigenvalue weighted by molar-refractivity contribution is 5.40. The van der Waals surface area contributed by atoms with Gasteiger partial charge in [-0.15, -0.1) is 0 Å². The molecular weight excluding hydrogens is 318 g/mol. The van der Waals surface area contributed by atoms with E-state index in [0.29, 0.717) is 24.6 Å². The lowest BCUT2D eigenvalue weighted by atomic mass is 9.97. The third-order valence-corrected chi connectivity index (χ3v) is 4.82. The van der Waals surface area contributed by atoms with Crippen molar-refractivity contribution in [2.24, 2.45) is 0 Å². The molecule has 1 aliphatic heterocycles. The summed E-state index contributed by atoms with van der Waals surface area (Å²) in [5.41, 5.74) is 2.56. The van der Waals surface area contributed by atoms with Crippen molar-refractivity contribution in [3.05, 3.63) is 51.6 Å². The average molecular weight is 337 g/mol. The van der Waals surface area contributed by atoms with Gasteiger partial charge >= 0.3 is 0 Å². The number of aryl methyl sites for hydroxylation is 2. The zero-order valence-electron chi connectivity index (χ0n) is 13.8. The number of hydrogen-bond donors (Lipinski definition) is 1. The molecule has 0 aromatic carbocycles. The first-order valence-corrected chi connectivity index (χ1v) is 8.56. The minimum atomic E-state index is -0.169. The van der Waals surface area contributed by atoms with E-state index >= 15 is 0 Å². The second kappa shape index (κ2) is 6.65. The fraction of sp³-hybridized carbons (Fsp3) is 0.444. The summed E-state index contributed by atoms with van der Waals surface area (Å²) in [6.07, 6.45) is 5.64. The largest absolute Gasteiger partial charge is 0.377 e. The highest BCUT2D eigenvalue weighted by Gasteiger charge is 2.32. The standard InChI is InChI=1S/C18H19N5O2/c19-8-12-5-6-17(20-9-12)21-15-10-25-11-16(15)23-18(24)7-13-3-1-2-4-14(13)22-23/h5-7,9,15-16H,1-4,10-11H2,(H,20,21). The van der Waals surface area contributed by atoms with Crippen molar-refractivity contribution in [2.45, 2.75) is 37.8 Å². The lowest BCUT2D eigenvalue weighted by Gasteiger charge is -2.23. The zero-order valence-corrected chi connectivity index (χ0v) is 13.8. The van der Waals surface area contributed by atoms with E-state index in [2.05, 4.69) is 15.4 Å². The number of ether oxygens (including phenoxy) is 1. The van der Waals surface area contributed by atoms with E-state index < -0.39 is 0 Å². The first kappa shape index (κ1) is 15.8. The fourth-order valence-corrected chi connectivity index (χ4v) is 3.47. The van der Waals surface area contributed by atoms with Crippen LogP contribution in [0.25, 0.3) is 0 Å². The summed E-state index contributed by atoms with van der Waals surface area (Å²) in [5.74, 6) is 0.658. The van der Waals surface area contributed by atoms with Crippen LogP contribution in [0, 0.1) is 11.3 Å². The van der Waals surface area contributed by atoms with Crippen LogP contribution in [0.2, 0.25) is 0 Å². The Bertz CT molecular complexity index is 869. The minimum Gasteiger partial charge on any atom is -0.377 e. The highest BCUT2D eigenvalue weighted by Crippen LogP contribution is 2.23. The van der Waals surface area contributed by atoms with E-state index in [-0.39, 0.29) is 17.6 Å². The summed E-state index contributed by atoms with van der Waals surface area (Å²) in [7, 11) is 0. The van der Waals surface area contributed by atoms with Crippen molar-refractivity contribution in [1.82, 2.24) is 14.8 Å². The smallest absolute Gasteiger partial charge is 0.267 e. The number of pyridine rings is 1. The quantitative estimate of drug-likeness (QED) is 0.911. The molecule has 0 amide bonds. The van der Waals surface area contributed by atoms with Gasteiger partial charge in [0.2, 0.25) is 0 Å². The van der Waals surface area contributed by atoms with Gasteiger partial charge in [-0.25, -0.2) is 9.67 Å². The van der Waals surface area contributed by atoms with E-state index in [1.165, 1.54) is 6.20 Å². The van der Waals surface area contributed by atoms with E-state index in [0.717, 1.165) is 36.9 Å². The molecule has 1 aliphatic carbocycles. The number of nitriles is 1. The molecule has 1 N–H and O–H groups in total. The predicted octanol–water partition coefficient (Wildman–Crippen LogP) is 1.44. The van der Waals surface area contributed by atoms with Gasteiger partial charge in [0.1, 0.15) is 17.9 Å². The number of rotatable bonds is 3. The van der Waals surface area contributed by atoms with Crippen LogP contribution in [0.3, 0.4) is 0 Å². The van der Waals surface area contributed by atoms with Crippen LogP contribution >= 0.6 is 0 Å². The molecule has 2 atom stereocenters. The molecule has 1 fully saturated rings. The maximum Gasteiger partial charge on any atom is 0.267 e. The summed E-state index contributed by atoms with van der Waals surface area (Å²) in [5, 5.41) is 16.8. The first-order valence-electron chi connectivity index (χ1n) is 8.56. The van der Waals surface area contributed by atoms with E-state index in [1.54, 1.807) is 22.9 Å². The van der Waals surface area contributed by atoms with Crippen LogP contribution < -0.4 is 10.9 Å². The summed E-state index contributed by atoms with van der Waals surface area (Å²) in [6, 6.07) is 6.99. The molecule has 0 saturated carbocycles. The van der Waals surface area contributed by atoms with Crippen LogP contribution in [0.4, 0.5) is 5.82 Å². The van der Waals surface area contributed by atoms with Crippen LogP contribution in [-0.2, 0) is 17.6 Å². The van der Waals surface area contributed by atoms with Crippen molar-refractivity contribution in [2.75, 3.05) is 18.5 Å². The van der Waals surface area contributed by atoms with Gasteiger partial charge in [-0.1, -0.05) is 0 Å². The van der Waals surface area contributed by atoms with Crippen molar-refractivity contribution in [3.8, 4) is 6.07 Å². The van der Waals surface area contributed by atoms with Gasteiger partial charge in [0.15, 0.2) is 0 Å². The van der Waals surface area contributed by atoms with Gasteiger partial charge in [-0.3, -0.25) is 4.79 Å². The van der Waals surface area contributed by atoms with Gasteiger partial charge in [0.25, 0.3) is 5.56 Å². The summed E-state index contributed by atoms with van der Waals surface area (Å²) < 4.78 is 7.17. The Morgan fingerprint density at radius 2 is 2.16 bits per heavy atom. The molecule has 2 aromatic rings. The maximum atomic E-state index is 12.5. The molecule has 4 rings (SSSR count). The second-order valence-electron chi connectivity index (χ2n) is 6.51. The van der Waals surface area contributed by atoms with Crippen LogP contribution in [0.5, 0.6) is 0 Å². The maximum absolute atomic E-state index is 12.5. The molecule has 0 bridgehead atoms. The third kappa shape index (κ3) is 3.13.